The third-order valence-corrected chi connectivity index (χ3v) is 2.09. The first kappa shape index (κ1) is 7.98. The van der Waals surface area contributed by atoms with Crippen molar-refractivity contribution < 1.29 is 10.2 Å². The summed E-state index contributed by atoms with van der Waals surface area (Å²) in [6, 6.07) is 0.865. The van der Waals surface area contributed by atoms with Crippen LogP contribution in [0.1, 0.15) is 13.8 Å². The van der Waals surface area contributed by atoms with Crippen LogP contribution in [-0.2, 0) is 0 Å². The van der Waals surface area contributed by atoms with Gasteiger partial charge < -0.3 is 10.2 Å². The number of aliphatic hydroxyl groups excluding tert-OH is 2. The summed E-state index contributed by atoms with van der Waals surface area (Å²) >= 11 is 0. The van der Waals surface area contributed by atoms with Gasteiger partial charge in [-0.15, -0.1) is 0 Å². The summed E-state index contributed by atoms with van der Waals surface area (Å²) in [5.41, 5.74) is 0. The highest BCUT2D eigenvalue weighted by Crippen LogP contribution is 2.29. The van der Waals surface area contributed by atoms with E-state index in [4.69, 9.17) is 10.2 Å². The molecule has 0 saturated carbocycles. The number of nitrogens with zero attached hydrogens (tertiary/aromatic N) is 1. The summed E-state index contributed by atoms with van der Waals surface area (Å²) in [7, 11) is 0. The summed E-state index contributed by atoms with van der Waals surface area (Å²) in [5, 5.41) is 17.5. The molecular formula is C7H15NO2. The molecule has 1 heterocycles. The Morgan fingerprint density at radius 3 is 1.70 bits per heavy atom. The molecule has 1 rings (SSSR count). The smallest absolute Gasteiger partial charge is 0.0603 e. The van der Waals surface area contributed by atoms with E-state index >= 15 is 0 Å². The fraction of sp³-hybridized carbons (Fsp3) is 1.00. The zero-order valence-corrected chi connectivity index (χ0v) is 6.49. The first-order chi connectivity index (χ1) is 4.72. The molecular weight excluding hydrogens is 130 g/mol. The Hall–Kier alpha value is -0.120. The molecule has 1 saturated heterocycles. The molecule has 3 heteroatoms. The van der Waals surface area contributed by atoms with E-state index in [1.165, 1.54) is 0 Å². The van der Waals surface area contributed by atoms with Crippen molar-refractivity contribution in [1.29, 1.82) is 0 Å². The molecule has 1 unspecified atom stereocenters. The van der Waals surface area contributed by atoms with Gasteiger partial charge in [-0.2, -0.15) is 0 Å². The average Bonchev–Trinajstić information content (AvgIpc) is 2.60. The van der Waals surface area contributed by atoms with Gasteiger partial charge in [-0.3, -0.25) is 4.90 Å². The Balaban J connectivity index is 2.36. The van der Waals surface area contributed by atoms with E-state index in [0.29, 0.717) is 6.04 Å². The van der Waals surface area contributed by atoms with Crippen LogP contribution in [0.15, 0.2) is 0 Å². The van der Waals surface area contributed by atoms with Gasteiger partial charge in [0.25, 0.3) is 0 Å². The lowest BCUT2D eigenvalue weighted by Gasteiger charge is -2.05. The van der Waals surface area contributed by atoms with Crippen molar-refractivity contribution >= 4 is 0 Å². The molecule has 3 nitrogen and oxygen atoms in total. The highest BCUT2D eigenvalue weighted by atomic mass is 16.3. The van der Waals surface area contributed by atoms with Gasteiger partial charge in [0.15, 0.2) is 0 Å². The molecule has 1 aliphatic heterocycles. The molecule has 0 radical (unpaired) electrons. The van der Waals surface area contributed by atoms with Gasteiger partial charge in [0.1, 0.15) is 0 Å². The second-order valence-corrected chi connectivity index (χ2v) is 3.04. The lowest BCUT2D eigenvalue weighted by Crippen LogP contribution is -2.15. The van der Waals surface area contributed by atoms with Crippen LogP contribution in [0.25, 0.3) is 0 Å². The van der Waals surface area contributed by atoms with Gasteiger partial charge in [0.05, 0.1) is 25.3 Å². The van der Waals surface area contributed by atoms with Crippen LogP contribution in [0.2, 0.25) is 0 Å². The summed E-state index contributed by atoms with van der Waals surface area (Å²) in [6.07, 6.45) is 0. The summed E-state index contributed by atoms with van der Waals surface area (Å²) in [6.45, 7) is 4.48. The molecule has 0 aromatic rings. The maximum Gasteiger partial charge on any atom is 0.0603 e. The minimum atomic E-state index is 0.170. The Bertz CT molecular complexity index is 106. The molecule has 0 aromatic carbocycles. The Morgan fingerprint density at radius 1 is 1.20 bits per heavy atom. The van der Waals surface area contributed by atoms with E-state index < -0.39 is 0 Å². The van der Waals surface area contributed by atoms with E-state index in [9.17, 15) is 0 Å². The molecule has 1 aliphatic rings. The van der Waals surface area contributed by atoms with Crippen LogP contribution in [-0.4, -0.2) is 46.5 Å². The quantitative estimate of drug-likeness (QED) is 0.523. The van der Waals surface area contributed by atoms with Crippen molar-refractivity contribution in [2.45, 2.75) is 32.0 Å². The summed E-state index contributed by atoms with van der Waals surface area (Å²) in [4.78, 5) is 2.11. The lowest BCUT2D eigenvalue weighted by atomic mass is 10.3. The topological polar surface area (TPSA) is 43.5 Å². The summed E-state index contributed by atoms with van der Waals surface area (Å²) < 4.78 is 0. The Labute approximate surface area is 61.3 Å². The van der Waals surface area contributed by atoms with Gasteiger partial charge in [-0.05, 0) is 13.8 Å². The first-order valence-corrected chi connectivity index (χ1v) is 3.71. The van der Waals surface area contributed by atoms with E-state index in [2.05, 4.69) is 18.7 Å². The van der Waals surface area contributed by atoms with E-state index in [-0.39, 0.29) is 25.3 Å². The van der Waals surface area contributed by atoms with Crippen LogP contribution in [0.3, 0.4) is 0 Å². The number of hydrogen-bond acceptors (Lipinski definition) is 3. The van der Waals surface area contributed by atoms with Crippen LogP contribution in [0.4, 0.5) is 0 Å². The average molecular weight is 145 g/mol. The maximum atomic E-state index is 8.77. The predicted octanol–water partition coefficient (Wildman–Crippen LogP) is -0.568. The molecule has 2 N–H and O–H groups in total. The highest BCUT2D eigenvalue weighted by molar-refractivity contribution is 5.02. The molecule has 0 aromatic heterocycles. The molecule has 10 heavy (non-hydrogen) atoms. The number of hydrogen-bond donors (Lipinski definition) is 2. The lowest BCUT2D eigenvalue weighted by molar-refractivity contribution is 0.258. The van der Waals surface area contributed by atoms with E-state index in [0.717, 1.165) is 0 Å². The Morgan fingerprint density at radius 2 is 1.60 bits per heavy atom. The third kappa shape index (κ3) is 1.17. The zero-order valence-electron chi connectivity index (χ0n) is 6.49. The second-order valence-electron chi connectivity index (χ2n) is 3.04. The largest absolute Gasteiger partial charge is 0.395 e. The molecule has 0 bridgehead atoms. The van der Waals surface area contributed by atoms with Gasteiger partial charge in [0.2, 0.25) is 0 Å². The standard InChI is InChI=1S/C7H15NO2/c1-5(2)8-6(3-9)7(8)4-10/h5-7,9-10H,3-4H2,1-2H3/t6-,7+,8?. The van der Waals surface area contributed by atoms with Gasteiger partial charge in [0, 0.05) is 6.04 Å². The number of rotatable bonds is 3. The summed E-state index contributed by atoms with van der Waals surface area (Å²) in [5.74, 6) is 0. The molecule has 1 fully saturated rings. The van der Waals surface area contributed by atoms with Crippen LogP contribution in [0, 0.1) is 0 Å². The van der Waals surface area contributed by atoms with Crippen molar-refractivity contribution in [1.82, 2.24) is 4.90 Å². The Kier molecular flexibility index (Phi) is 2.28. The minimum absolute atomic E-state index is 0.170. The van der Waals surface area contributed by atoms with Crippen LogP contribution in [0.5, 0.6) is 0 Å². The van der Waals surface area contributed by atoms with Crippen molar-refractivity contribution in [3.63, 3.8) is 0 Å². The fourth-order valence-corrected chi connectivity index (χ4v) is 1.55. The highest BCUT2D eigenvalue weighted by Gasteiger charge is 2.47. The fourth-order valence-electron chi connectivity index (χ4n) is 1.55. The third-order valence-electron chi connectivity index (χ3n) is 2.09. The molecule has 0 spiro atoms. The van der Waals surface area contributed by atoms with Crippen LogP contribution < -0.4 is 0 Å². The van der Waals surface area contributed by atoms with Gasteiger partial charge in [-0.1, -0.05) is 0 Å². The van der Waals surface area contributed by atoms with E-state index in [1.54, 1.807) is 0 Å². The van der Waals surface area contributed by atoms with Crippen molar-refractivity contribution in [3.05, 3.63) is 0 Å². The van der Waals surface area contributed by atoms with Gasteiger partial charge >= 0.3 is 0 Å². The SMILES string of the molecule is CC(C)N1[C@H](CO)[C@@H]1CO. The van der Waals surface area contributed by atoms with Crippen molar-refractivity contribution in [3.8, 4) is 0 Å². The molecule has 3 atom stereocenters. The first-order valence-electron chi connectivity index (χ1n) is 3.71. The normalized spacial score (nSPS) is 38.7. The molecule has 0 amide bonds. The van der Waals surface area contributed by atoms with E-state index in [1.807, 2.05) is 0 Å². The monoisotopic (exact) mass is 145 g/mol. The zero-order chi connectivity index (χ0) is 7.72. The number of aliphatic hydroxyl groups is 2. The van der Waals surface area contributed by atoms with Crippen molar-refractivity contribution in [2.75, 3.05) is 13.2 Å². The predicted molar refractivity (Wildman–Crippen MR) is 38.7 cm³/mol. The van der Waals surface area contributed by atoms with Gasteiger partial charge in [-0.25, -0.2) is 0 Å². The van der Waals surface area contributed by atoms with Crippen molar-refractivity contribution in [2.24, 2.45) is 0 Å². The maximum absolute atomic E-state index is 8.77. The van der Waals surface area contributed by atoms with Crippen LogP contribution >= 0.6 is 0 Å². The second kappa shape index (κ2) is 2.86. The molecule has 60 valence electrons. The molecule has 0 aliphatic carbocycles. The minimum Gasteiger partial charge on any atom is -0.395 e.